The Bertz CT molecular complexity index is 401. The Kier molecular flexibility index (Phi) is 4.26. The molecule has 0 aromatic heterocycles. The summed E-state index contributed by atoms with van der Waals surface area (Å²) in [6, 6.07) is 6.37. The average molecular weight is 222 g/mol. The first-order valence-corrected chi connectivity index (χ1v) is 4.86. The predicted molar refractivity (Wildman–Crippen MR) is 58.2 cm³/mol. The molecule has 0 saturated carbocycles. The van der Waals surface area contributed by atoms with Crippen molar-refractivity contribution in [3.05, 3.63) is 29.3 Å². The normalized spacial score (nSPS) is 14.1. The Morgan fingerprint density at radius 1 is 1.38 bits per heavy atom. The Labute approximate surface area is 93.4 Å². The number of nitrogens with two attached hydrogens (primary N) is 1. The van der Waals surface area contributed by atoms with Gasteiger partial charge >= 0.3 is 0 Å². The molecule has 0 heterocycles. The van der Waals surface area contributed by atoms with Gasteiger partial charge in [0, 0.05) is 12.3 Å². The summed E-state index contributed by atoms with van der Waals surface area (Å²) in [4.78, 5) is 0. The van der Waals surface area contributed by atoms with Crippen molar-refractivity contribution in [1.82, 2.24) is 0 Å². The number of anilines is 1. The molecular weight excluding hydrogens is 208 g/mol. The van der Waals surface area contributed by atoms with E-state index in [0.29, 0.717) is 11.1 Å². The van der Waals surface area contributed by atoms with Gasteiger partial charge in [0.25, 0.3) is 0 Å². The monoisotopic (exact) mass is 222 g/mol. The number of hydrogen-bond donors (Lipinski definition) is 4. The topological polar surface area (TPSA) is 110 Å². The predicted octanol–water partition coefficient (Wildman–Crippen LogP) is -0.0828. The Balaban J connectivity index is 2.89. The van der Waals surface area contributed by atoms with Crippen LogP contribution in [0.15, 0.2) is 18.2 Å². The highest BCUT2D eigenvalue weighted by molar-refractivity contribution is 5.55. The van der Waals surface area contributed by atoms with Gasteiger partial charge in [-0.25, -0.2) is 0 Å². The lowest BCUT2D eigenvalue weighted by Gasteiger charge is -2.17. The standard InChI is InChI=1S/C11H14N2O3/c12-6-8-2-1-7(5-9(8)13)11(16)10(15)3-4-14/h1-2,5,10-11,14-16H,3-4,13H2. The molecule has 0 spiro atoms. The van der Waals surface area contributed by atoms with Gasteiger partial charge in [0.1, 0.15) is 12.2 Å². The number of benzene rings is 1. The molecule has 16 heavy (non-hydrogen) atoms. The summed E-state index contributed by atoms with van der Waals surface area (Å²) in [5.74, 6) is 0. The third-order valence-corrected chi connectivity index (χ3v) is 2.33. The van der Waals surface area contributed by atoms with Crippen LogP contribution in [0.1, 0.15) is 23.7 Å². The van der Waals surface area contributed by atoms with Crippen molar-refractivity contribution in [2.45, 2.75) is 18.6 Å². The van der Waals surface area contributed by atoms with Crippen LogP contribution in [-0.4, -0.2) is 28.0 Å². The van der Waals surface area contributed by atoms with Gasteiger partial charge < -0.3 is 21.1 Å². The highest BCUT2D eigenvalue weighted by atomic mass is 16.3. The van der Waals surface area contributed by atoms with E-state index < -0.39 is 12.2 Å². The van der Waals surface area contributed by atoms with E-state index >= 15 is 0 Å². The maximum atomic E-state index is 9.71. The van der Waals surface area contributed by atoms with Crippen LogP contribution in [0.2, 0.25) is 0 Å². The largest absolute Gasteiger partial charge is 0.398 e. The van der Waals surface area contributed by atoms with E-state index in [1.54, 1.807) is 0 Å². The molecular formula is C11H14N2O3. The number of nitrogens with zero attached hydrogens (tertiary/aromatic N) is 1. The Hall–Kier alpha value is -1.61. The lowest BCUT2D eigenvalue weighted by atomic mass is 10.0. The van der Waals surface area contributed by atoms with Crippen molar-refractivity contribution in [3.8, 4) is 6.07 Å². The minimum atomic E-state index is -1.11. The van der Waals surface area contributed by atoms with Crippen LogP contribution in [0.3, 0.4) is 0 Å². The third kappa shape index (κ3) is 2.70. The van der Waals surface area contributed by atoms with Crippen molar-refractivity contribution in [2.24, 2.45) is 0 Å². The first kappa shape index (κ1) is 12.5. The Morgan fingerprint density at radius 3 is 2.56 bits per heavy atom. The molecule has 0 amide bonds. The molecule has 2 atom stereocenters. The number of hydrogen-bond acceptors (Lipinski definition) is 5. The van der Waals surface area contributed by atoms with Gasteiger partial charge in [-0.2, -0.15) is 5.26 Å². The molecule has 5 N–H and O–H groups in total. The maximum absolute atomic E-state index is 9.71. The highest BCUT2D eigenvalue weighted by Gasteiger charge is 2.18. The van der Waals surface area contributed by atoms with Gasteiger partial charge in [-0.1, -0.05) is 6.07 Å². The van der Waals surface area contributed by atoms with Crippen molar-refractivity contribution in [3.63, 3.8) is 0 Å². The van der Waals surface area contributed by atoms with E-state index in [2.05, 4.69) is 0 Å². The van der Waals surface area contributed by atoms with Gasteiger partial charge in [0.2, 0.25) is 0 Å². The van der Waals surface area contributed by atoms with E-state index in [1.807, 2.05) is 6.07 Å². The molecule has 0 saturated heterocycles. The number of aliphatic hydroxyl groups excluding tert-OH is 3. The summed E-state index contributed by atoms with van der Waals surface area (Å²) in [6.45, 7) is -0.204. The quantitative estimate of drug-likeness (QED) is 0.532. The zero-order chi connectivity index (χ0) is 12.1. The minimum absolute atomic E-state index is 0.0844. The molecule has 2 unspecified atom stereocenters. The maximum Gasteiger partial charge on any atom is 0.105 e. The minimum Gasteiger partial charge on any atom is -0.398 e. The molecule has 0 fully saturated rings. The van der Waals surface area contributed by atoms with Crippen LogP contribution < -0.4 is 5.73 Å². The van der Waals surface area contributed by atoms with Crippen LogP contribution in [0, 0.1) is 11.3 Å². The SMILES string of the molecule is N#Cc1ccc(C(O)C(O)CCO)cc1N. The van der Waals surface area contributed by atoms with E-state index in [-0.39, 0.29) is 18.7 Å². The van der Waals surface area contributed by atoms with Crippen LogP contribution in [0.4, 0.5) is 5.69 Å². The molecule has 5 heteroatoms. The number of rotatable bonds is 4. The molecule has 0 bridgehead atoms. The van der Waals surface area contributed by atoms with Crippen LogP contribution >= 0.6 is 0 Å². The van der Waals surface area contributed by atoms with Crippen LogP contribution in [0.5, 0.6) is 0 Å². The summed E-state index contributed by atoms with van der Waals surface area (Å²) in [7, 11) is 0. The second kappa shape index (κ2) is 5.47. The second-order valence-electron chi connectivity index (χ2n) is 3.48. The molecule has 0 aliphatic rings. The van der Waals surface area contributed by atoms with Crippen molar-refractivity contribution >= 4 is 5.69 Å². The average Bonchev–Trinajstić information content (AvgIpc) is 2.28. The smallest absolute Gasteiger partial charge is 0.105 e. The zero-order valence-electron chi connectivity index (χ0n) is 8.67. The van der Waals surface area contributed by atoms with Crippen LogP contribution in [0.25, 0.3) is 0 Å². The number of nitriles is 1. The van der Waals surface area contributed by atoms with Crippen LogP contribution in [-0.2, 0) is 0 Å². The summed E-state index contributed by atoms with van der Waals surface area (Å²) in [5, 5.41) is 36.5. The van der Waals surface area contributed by atoms with Gasteiger partial charge in [-0.15, -0.1) is 0 Å². The molecule has 1 rings (SSSR count). The van der Waals surface area contributed by atoms with Gasteiger partial charge in [0.05, 0.1) is 11.7 Å². The first-order chi connectivity index (χ1) is 7.60. The second-order valence-corrected chi connectivity index (χ2v) is 3.48. The zero-order valence-corrected chi connectivity index (χ0v) is 8.67. The Morgan fingerprint density at radius 2 is 2.06 bits per heavy atom. The number of aliphatic hydroxyl groups is 3. The lowest BCUT2D eigenvalue weighted by molar-refractivity contribution is 0.00425. The van der Waals surface area contributed by atoms with Crippen molar-refractivity contribution in [2.75, 3.05) is 12.3 Å². The van der Waals surface area contributed by atoms with E-state index in [1.165, 1.54) is 18.2 Å². The third-order valence-electron chi connectivity index (χ3n) is 2.33. The van der Waals surface area contributed by atoms with Gasteiger partial charge in [-0.3, -0.25) is 0 Å². The summed E-state index contributed by atoms with van der Waals surface area (Å²) >= 11 is 0. The summed E-state index contributed by atoms with van der Waals surface area (Å²) in [6.07, 6.45) is -2.07. The fourth-order valence-electron chi connectivity index (χ4n) is 1.38. The van der Waals surface area contributed by atoms with Gasteiger partial charge in [-0.05, 0) is 24.1 Å². The van der Waals surface area contributed by atoms with E-state index in [4.69, 9.17) is 16.1 Å². The molecule has 1 aromatic rings. The molecule has 0 aliphatic heterocycles. The molecule has 1 aromatic carbocycles. The highest BCUT2D eigenvalue weighted by Crippen LogP contribution is 2.22. The van der Waals surface area contributed by atoms with Crippen molar-refractivity contribution in [1.29, 1.82) is 5.26 Å². The fraction of sp³-hybridized carbons (Fsp3) is 0.364. The molecule has 5 nitrogen and oxygen atoms in total. The molecule has 0 radical (unpaired) electrons. The van der Waals surface area contributed by atoms with E-state index in [9.17, 15) is 10.2 Å². The molecule has 86 valence electrons. The van der Waals surface area contributed by atoms with Crippen molar-refractivity contribution < 1.29 is 15.3 Å². The van der Waals surface area contributed by atoms with Gasteiger partial charge in [0.15, 0.2) is 0 Å². The molecule has 0 aliphatic carbocycles. The summed E-state index contributed by atoms with van der Waals surface area (Å²) in [5.41, 5.74) is 6.59. The lowest BCUT2D eigenvalue weighted by Crippen LogP contribution is -2.19. The fourth-order valence-corrected chi connectivity index (χ4v) is 1.38. The summed E-state index contributed by atoms with van der Waals surface area (Å²) < 4.78 is 0. The number of nitrogen functional groups attached to an aromatic ring is 1. The first-order valence-electron chi connectivity index (χ1n) is 4.86. The van der Waals surface area contributed by atoms with E-state index in [0.717, 1.165) is 0 Å².